The van der Waals surface area contributed by atoms with Gasteiger partial charge < -0.3 is 26.2 Å². The van der Waals surface area contributed by atoms with E-state index in [1.54, 1.807) is 0 Å². The van der Waals surface area contributed by atoms with Gasteiger partial charge in [-0.15, -0.1) is 0 Å². The molecule has 1 rings (SSSR count). The van der Waals surface area contributed by atoms with Crippen molar-refractivity contribution in [3.63, 3.8) is 0 Å². The lowest BCUT2D eigenvalue weighted by molar-refractivity contribution is -0.143. The molecule has 2 unspecified atom stereocenters. The molecule has 0 saturated heterocycles. The van der Waals surface area contributed by atoms with Crippen molar-refractivity contribution in [1.29, 1.82) is 0 Å². The van der Waals surface area contributed by atoms with Crippen LogP contribution < -0.4 is 5.73 Å². The van der Waals surface area contributed by atoms with E-state index in [0.717, 1.165) is 12.5 Å². The van der Waals surface area contributed by atoms with Gasteiger partial charge in [0, 0.05) is 11.6 Å². The smallest absolute Gasteiger partial charge is 0.323 e. The summed E-state index contributed by atoms with van der Waals surface area (Å²) in [5, 5.41) is 37.5. The molecule has 21 heavy (non-hydrogen) atoms. The van der Waals surface area contributed by atoms with E-state index in [1.165, 1.54) is 13.0 Å². The van der Waals surface area contributed by atoms with E-state index in [4.69, 9.17) is 10.8 Å². The summed E-state index contributed by atoms with van der Waals surface area (Å²) < 4.78 is 0. The second-order valence-corrected chi connectivity index (χ2v) is 5.90. The molecule has 6 heteroatoms. The Kier molecular flexibility index (Phi) is 5.43. The molecular weight excluding hydrogens is 274 g/mol. The second kappa shape index (κ2) is 6.67. The number of carboxylic acid groups (broad SMARTS) is 1. The zero-order chi connectivity index (χ0) is 16.2. The zero-order valence-corrected chi connectivity index (χ0v) is 12.3. The van der Waals surface area contributed by atoms with Gasteiger partial charge in [0.15, 0.2) is 11.5 Å². The van der Waals surface area contributed by atoms with Gasteiger partial charge in [-0.25, -0.2) is 0 Å². The Labute approximate surface area is 123 Å². The molecule has 0 saturated carbocycles. The Bertz CT molecular complexity index is 513. The summed E-state index contributed by atoms with van der Waals surface area (Å²) in [6.07, 6.45) is 2.26. The SMILES string of the molecule is CC(CCCc1cc(O)cc(O)c1O)CC(C)(N)C(=O)O. The number of aryl methyl sites for hydroxylation is 1. The third-order valence-corrected chi connectivity index (χ3v) is 3.56. The van der Waals surface area contributed by atoms with Crippen molar-refractivity contribution in [3.8, 4) is 17.2 Å². The van der Waals surface area contributed by atoms with Gasteiger partial charge in [-0.2, -0.15) is 0 Å². The van der Waals surface area contributed by atoms with Crippen LogP contribution in [0.5, 0.6) is 17.2 Å². The van der Waals surface area contributed by atoms with Gasteiger partial charge in [-0.1, -0.05) is 13.3 Å². The number of hydrogen-bond acceptors (Lipinski definition) is 5. The molecule has 0 aliphatic carbocycles. The van der Waals surface area contributed by atoms with Crippen LogP contribution in [0.2, 0.25) is 0 Å². The third kappa shape index (κ3) is 4.82. The quantitative estimate of drug-likeness (QED) is 0.387. The molecule has 0 heterocycles. The predicted octanol–water partition coefficient (Wildman–Crippen LogP) is 1.95. The number of nitrogens with two attached hydrogens (primary N) is 1. The summed E-state index contributed by atoms with van der Waals surface area (Å²) in [6, 6.07) is 2.48. The van der Waals surface area contributed by atoms with Crippen molar-refractivity contribution >= 4 is 5.97 Å². The van der Waals surface area contributed by atoms with E-state index in [-0.39, 0.29) is 23.2 Å². The number of benzene rings is 1. The molecule has 0 aliphatic rings. The van der Waals surface area contributed by atoms with Gasteiger partial charge in [-0.3, -0.25) is 4.79 Å². The van der Waals surface area contributed by atoms with Gasteiger partial charge in [0.2, 0.25) is 0 Å². The van der Waals surface area contributed by atoms with Crippen LogP contribution in [0.1, 0.15) is 38.7 Å². The number of carbonyl (C=O) groups is 1. The highest BCUT2D eigenvalue weighted by molar-refractivity contribution is 5.77. The van der Waals surface area contributed by atoms with E-state index in [9.17, 15) is 20.1 Å². The molecular formula is C15H23NO5. The Balaban J connectivity index is 2.53. The van der Waals surface area contributed by atoms with Crippen LogP contribution in [0.4, 0.5) is 0 Å². The summed E-state index contributed by atoms with van der Waals surface area (Å²) in [5.41, 5.74) is 4.92. The van der Waals surface area contributed by atoms with Crippen molar-refractivity contribution in [2.24, 2.45) is 11.7 Å². The van der Waals surface area contributed by atoms with E-state index in [0.29, 0.717) is 24.8 Å². The predicted molar refractivity (Wildman–Crippen MR) is 78.4 cm³/mol. The fourth-order valence-corrected chi connectivity index (χ4v) is 2.41. The minimum absolute atomic E-state index is 0.103. The summed E-state index contributed by atoms with van der Waals surface area (Å²) in [6.45, 7) is 3.42. The van der Waals surface area contributed by atoms with Crippen LogP contribution in [0.25, 0.3) is 0 Å². The molecule has 0 aromatic heterocycles. The highest BCUT2D eigenvalue weighted by Crippen LogP contribution is 2.34. The van der Waals surface area contributed by atoms with Crippen molar-refractivity contribution in [2.75, 3.05) is 0 Å². The molecule has 2 atom stereocenters. The first-order valence-corrected chi connectivity index (χ1v) is 6.89. The maximum absolute atomic E-state index is 11.0. The number of rotatable bonds is 7. The zero-order valence-electron chi connectivity index (χ0n) is 12.3. The summed E-state index contributed by atoms with van der Waals surface area (Å²) in [5.74, 6) is -1.59. The van der Waals surface area contributed by atoms with Crippen LogP contribution in [-0.4, -0.2) is 31.9 Å². The lowest BCUT2D eigenvalue weighted by Crippen LogP contribution is -2.46. The monoisotopic (exact) mass is 297 g/mol. The Morgan fingerprint density at radius 1 is 1.33 bits per heavy atom. The molecule has 0 aliphatic heterocycles. The molecule has 0 radical (unpaired) electrons. The third-order valence-electron chi connectivity index (χ3n) is 3.56. The van der Waals surface area contributed by atoms with Crippen LogP contribution in [0.15, 0.2) is 12.1 Å². The number of phenols is 3. The highest BCUT2D eigenvalue weighted by Gasteiger charge is 2.29. The van der Waals surface area contributed by atoms with Crippen molar-refractivity contribution in [1.82, 2.24) is 0 Å². The molecule has 6 nitrogen and oxygen atoms in total. The Morgan fingerprint density at radius 2 is 1.95 bits per heavy atom. The van der Waals surface area contributed by atoms with Crippen LogP contribution in [0, 0.1) is 5.92 Å². The van der Waals surface area contributed by atoms with Gasteiger partial charge in [0.25, 0.3) is 0 Å². The minimum atomic E-state index is -1.25. The second-order valence-electron chi connectivity index (χ2n) is 5.90. The lowest BCUT2D eigenvalue weighted by Gasteiger charge is -2.23. The van der Waals surface area contributed by atoms with E-state index in [1.807, 2.05) is 6.92 Å². The van der Waals surface area contributed by atoms with E-state index in [2.05, 4.69) is 0 Å². The van der Waals surface area contributed by atoms with Gasteiger partial charge in [0.1, 0.15) is 11.3 Å². The fraction of sp³-hybridized carbons (Fsp3) is 0.533. The first kappa shape index (κ1) is 17.1. The average Bonchev–Trinajstić information content (AvgIpc) is 2.34. The maximum atomic E-state index is 11.0. The molecule has 0 fully saturated rings. The van der Waals surface area contributed by atoms with E-state index >= 15 is 0 Å². The number of hydrogen-bond donors (Lipinski definition) is 5. The molecule has 0 spiro atoms. The van der Waals surface area contributed by atoms with E-state index < -0.39 is 11.5 Å². The lowest BCUT2D eigenvalue weighted by atomic mass is 9.87. The Morgan fingerprint density at radius 3 is 2.52 bits per heavy atom. The molecule has 6 N–H and O–H groups in total. The molecule has 1 aromatic rings. The molecule has 1 aromatic carbocycles. The number of aliphatic carboxylic acids is 1. The van der Waals surface area contributed by atoms with Crippen molar-refractivity contribution in [2.45, 2.75) is 45.1 Å². The summed E-state index contributed by atoms with van der Waals surface area (Å²) in [4.78, 5) is 11.0. The Hall–Kier alpha value is -1.95. The first-order valence-electron chi connectivity index (χ1n) is 6.89. The average molecular weight is 297 g/mol. The number of aromatic hydroxyl groups is 3. The van der Waals surface area contributed by atoms with Crippen LogP contribution in [0.3, 0.4) is 0 Å². The number of phenolic OH excluding ortho intramolecular Hbond substituents is 3. The summed E-state index contributed by atoms with van der Waals surface area (Å²) in [7, 11) is 0. The normalized spacial score (nSPS) is 15.4. The number of carboxylic acids is 1. The van der Waals surface area contributed by atoms with Crippen LogP contribution >= 0.6 is 0 Å². The molecule has 0 bridgehead atoms. The maximum Gasteiger partial charge on any atom is 0.323 e. The summed E-state index contributed by atoms with van der Waals surface area (Å²) >= 11 is 0. The first-order chi connectivity index (χ1) is 9.63. The fourth-order valence-electron chi connectivity index (χ4n) is 2.41. The van der Waals surface area contributed by atoms with Crippen molar-refractivity contribution in [3.05, 3.63) is 17.7 Å². The van der Waals surface area contributed by atoms with Gasteiger partial charge in [0.05, 0.1) is 0 Å². The highest BCUT2D eigenvalue weighted by atomic mass is 16.4. The van der Waals surface area contributed by atoms with Crippen molar-refractivity contribution < 1.29 is 25.2 Å². The molecule has 0 amide bonds. The standard InChI is InChI=1S/C15H23NO5/c1-9(8-15(2,16)14(20)21)4-3-5-10-6-11(17)7-12(18)13(10)19/h6-7,9,17-19H,3-5,8,16H2,1-2H3,(H,20,21). The van der Waals surface area contributed by atoms with Crippen LogP contribution in [-0.2, 0) is 11.2 Å². The minimum Gasteiger partial charge on any atom is -0.508 e. The topological polar surface area (TPSA) is 124 Å². The van der Waals surface area contributed by atoms with Gasteiger partial charge >= 0.3 is 5.97 Å². The largest absolute Gasteiger partial charge is 0.508 e. The van der Waals surface area contributed by atoms with Gasteiger partial charge in [-0.05, 0) is 38.2 Å². The molecule has 118 valence electrons.